The van der Waals surface area contributed by atoms with Crippen LogP contribution in [0.4, 0.5) is 0 Å². The molecule has 0 aliphatic rings. The summed E-state index contributed by atoms with van der Waals surface area (Å²) in [5, 5.41) is 14.9. The molecular weight excluding hydrogens is 342 g/mol. The van der Waals surface area contributed by atoms with E-state index in [1.54, 1.807) is 13.0 Å². The van der Waals surface area contributed by atoms with Crippen molar-refractivity contribution in [2.75, 3.05) is 13.2 Å². The molecule has 0 radical (unpaired) electrons. The molecule has 1 aromatic heterocycles. The summed E-state index contributed by atoms with van der Waals surface area (Å²) in [5.41, 5.74) is -0.364. The molecule has 0 fully saturated rings. The lowest BCUT2D eigenvalue weighted by atomic mass is 10.1. The van der Waals surface area contributed by atoms with E-state index >= 15 is 0 Å². The van der Waals surface area contributed by atoms with Gasteiger partial charge < -0.3 is 15.2 Å². The van der Waals surface area contributed by atoms with Crippen molar-refractivity contribution in [3.8, 4) is 5.75 Å². The Morgan fingerprint density at radius 1 is 1.16 bits per heavy atom. The molecule has 25 heavy (non-hydrogen) atoms. The minimum atomic E-state index is -0.804. The van der Waals surface area contributed by atoms with Gasteiger partial charge in [-0.3, -0.25) is 14.4 Å². The Morgan fingerprint density at radius 2 is 1.92 bits per heavy atom. The van der Waals surface area contributed by atoms with Gasteiger partial charge in [0.1, 0.15) is 17.9 Å². The third-order valence-electron chi connectivity index (χ3n) is 3.70. The minimum Gasteiger partial charge on any atom is -0.506 e. The Hall–Kier alpha value is -2.93. The number of nitrogens with one attached hydrogen (secondary N) is 1. The normalized spacial score (nSPS) is 10.8. The maximum absolute atomic E-state index is 12.4. The first kappa shape index (κ1) is 16.9. The summed E-state index contributed by atoms with van der Waals surface area (Å²) in [7, 11) is 0. The Morgan fingerprint density at radius 3 is 2.68 bits per heavy atom. The monoisotopic (exact) mass is 357 g/mol. The molecule has 0 aliphatic carbocycles. The van der Waals surface area contributed by atoms with Gasteiger partial charge in [0.25, 0.3) is 5.91 Å². The van der Waals surface area contributed by atoms with Crippen molar-refractivity contribution in [1.82, 2.24) is 5.32 Å². The van der Waals surface area contributed by atoms with Crippen LogP contribution in [0.1, 0.15) is 17.3 Å². The molecular formula is C18H15NO5S. The van der Waals surface area contributed by atoms with Crippen molar-refractivity contribution in [3.63, 3.8) is 0 Å². The van der Waals surface area contributed by atoms with Crippen molar-refractivity contribution < 1.29 is 19.4 Å². The standard InChI is InChI=1S/C18H15NO5S/c1-2-24-13(20)9-19-17(22)14-15(21)12-8-7-10-5-3-4-6-11(10)16(12)25-18(14)23/h3-8,21H,2,9H2,1H3,(H,19,22). The van der Waals surface area contributed by atoms with E-state index in [1.807, 2.05) is 30.3 Å². The molecule has 128 valence electrons. The molecule has 1 amide bonds. The quantitative estimate of drug-likeness (QED) is 0.552. The molecule has 3 aromatic rings. The lowest BCUT2D eigenvalue weighted by Crippen LogP contribution is -2.33. The number of carbonyl (C=O) groups is 2. The topological polar surface area (TPSA) is 92.7 Å². The Bertz CT molecular complexity index is 1040. The smallest absolute Gasteiger partial charge is 0.325 e. The van der Waals surface area contributed by atoms with Crippen LogP contribution in [0.5, 0.6) is 5.75 Å². The lowest BCUT2D eigenvalue weighted by Gasteiger charge is -2.09. The molecule has 0 spiro atoms. The number of carbonyl (C=O) groups excluding carboxylic acids is 2. The van der Waals surface area contributed by atoms with Gasteiger partial charge in [-0.25, -0.2) is 0 Å². The first-order valence-electron chi connectivity index (χ1n) is 7.64. The number of aromatic hydroxyl groups is 1. The summed E-state index contributed by atoms with van der Waals surface area (Å²) >= 11 is 0.892. The van der Waals surface area contributed by atoms with Gasteiger partial charge in [0.05, 0.1) is 6.61 Å². The zero-order valence-corrected chi connectivity index (χ0v) is 14.2. The third-order valence-corrected chi connectivity index (χ3v) is 4.73. The van der Waals surface area contributed by atoms with Crippen LogP contribution in [0.25, 0.3) is 20.9 Å². The predicted molar refractivity (Wildman–Crippen MR) is 96.2 cm³/mol. The van der Waals surface area contributed by atoms with Crippen LogP contribution in [0.2, 0.25) is 0 Å². The molecule has 3 rings (SSSR count). The fourth-order valence-electron chi connectivity index (χ4n) is 2.57. The molecule has 2 aromatic carbocycles. The molecule has 0 saturated heterocycles. The third kappa shape index (κ3) is 3.18. The van der Waals surface area contributed by atoms with Crippen molar-refractivity contribution in [2.45, 2.75) is 6.92 Å². The highest BCUT2D eigenvalue weighted by atomic mass is 32.1. The van der Waals surface area contributed by atoms with Crippen molar-refractivity contribution in [2.24, 2.45) is 0 Å². The van der Waals surface area contributed by atoms with Crippen LogP contribution in [0, 0.1) is 0 Å². The molecule has 0 atom stereocenters. The van der Waals surface area contributed by atoms with Crippen molar-refractivity contribution in [1.29, 1.82) is 0 Å². The van der Waals surface area contributed by atoms with E-state index in [4.69, 9.17) is 4.74 Å². The molecule has 0 bridgehead atoms. The SMILES string of the molecule is CCOC(=O)CNC(=O)c1c(O)c2ccc3ccccc3c2sc1=O. The van der Waals surface area contributed by atoms with Gasteiger partial charge in [-0.05, 0) is 23.8 Å². The number of fused-ring (bicyclic) bond motifs is 3. The fraction of sp³-hybridized carbons (Fsp3) is 0.167. The summed E-state index contributed by atoms with van der Waals surface area (Å²) in [4.78, 5) is 36.0. The first-order valence-corrected chi connectivity index (χ1v) is 8.46. The van der Waals surface area contributed by atoms with Crippen LogP contribution in [-0.2, 0) is 9.53 Å². The van der Waals surface area contributed by atoms with E-state index in [0.29, 0.717) is 10.1 Å². The van der Waals surface area contributed by atoms with Gasteiger partial charge in [-0.15, -0.1) is 0 Å². The van der Waals surface area contributed by atoms with E-state index in [9.17, 15) is 19.5 Å². The van der Waals surface area contributed by atoms with Crippen LogP contribution in [0.3, 0.4) is 0 Å². The van der Waals surface area contributed by atoms with Gasteiger partial charge in [0.2, 0.25) is 4.74 Å². The van der Waals surface area contributed by atoms with Crippen LogP contribution in [-0.4, -0.2) is 30.1 Å². The fourth-order valence-corrected chi connectivity index (χ4v) is 3.61. The molecule has 0 unspecified atom stereocenters. The minimum absolute atomic E-state index is 0.192. The zero-order chi connectivity index (χ0) is 18.0. The molecule has 0 saturated carbocycles. The highest BCUT2D eigenvalue weighted by molar-refractivity contribution is 7.17. The maximum atomic E-state index is 12.4. The summed E-state index contributed by atoms with van der Waals surface area (Å²) in [6, 6.07) is 11.0. The number of hydrogen-bond acceptors (Lipinski definition) is 6. The summed E-state index contributed by atoms with van der Waals surface area (Å²) in [6.07, 6.45) is 0. The number of amides is 1. The molecule has 7 heteroatoms. The van der Waals surface area contributed by atoms with Crippen molar-refractivity contribution in [3.05, 3.63) is 51.5 Å². The van der Waals surface area contributed by atoms with Crippen LogP contribution < -0.4 is 10.1 Å². The second kappa shape index (κ2) is 6.90. The van der Waals surface area contributed by atoms with Crippen molar-refractivity contribution >= 4 is 44.1 Å². The van der Waals surface area contributed by atoms with Gasteiger partial charge in [-0.2, -0.15) is 0 Å². The molecule has 6 nitrogen and oxygen atoms in total. The number of hydrogen-bond donors (Lipinski definition) is 2. The van der Waals surface area contributed by atoms with E-state index in [0.717, 1.165) is 22.1 Å². The second-order valence-electron chi connectivity index (χ2n) is 5.26. The Balaban J connectivity index is 2.05. The number of rotatable bonds is 4. The molecule has 0 aliphatic heterocycles. The van der Waals surface area contributed by atoms with E-state index in [1.165, 1.54) is 0 Å². The summed E-state index contributed by atoms with van der Waals surface area (Å²) in [5.74, 6) is -1.80. The molecule has 2 N–H and O–H groups in total. The Kier molecular flexibility index (Phi) is 4.67. The van der Waals surface area contributed by atoms with Crippen LogP contribution >= 0.6 is 11.3 Å². The number of benzene rings is 2. The zero-order valence-electron chi connectivity index (χ0n) is 13.4. The highest BCUT2D eigenvalue weighted by Crippen LogP contribution is 2.34. The molecule has 1 heterocycles. The predicted octanol–water partition coefficient (Wildman–Crippen LogP) is 2.41. The number of ether oxygens (including phenoxy) is 1. The average molecular weight is 357 g/mol. The van der Waals surface area contributed by atoms with Gasteiger partial charge in [0.15, 0.2) is 0 Å². The first-order chi connectivity index (χ1) is 12.0. The maximum Gasteiger partial charge on any atom is 0.325 e. The van der Waals surface area contributed by atoms with E-state index < -0.39 is 16.6 Å². The Labute approximate surface area is 146 Å². The average Bonchev–Trinajstić information content (AvgIpc) is 2.60. The van der Waals surface area contributed by atoms with E-state index in [-0.39, 0.29) is 24.5 Å². The summed E-state index contributed by atoms with van der Waals surface area (Å²) in [6.45, 7) is 1.47. The number of esters is 1. The van der Waals surface area contributed by atoms with Gasteiger partial charge in [-0.1, -0.05) is 41.7 Å². The second-order valence-corrected chi connectivity index (χ2v) is 6.25. The van der Waals surface area contributed by atoms with E-state index in [2.05, 4.69) is 5.32 Å². The summed E-state index contributed by atoms with van der Waals surface area (Å²) < 4.78 is 4.76. The van der Waals surface area contributed by atoms with Gasteiger partial charge >= 0.3 is 5.97 Å². The van der Waals surface area contributed by atoms with Crippen LogP contribution in [0.15, 0.2) is 41.2 Å². The lowest BCUT2D eigenvalue weighted by molar-refractivity contribution is -0.141. The highest BCUT2D eigenvalue weighted by Gasteiger charge is 2.21. The van der Waals surface area contributed by atoms with Gasteiger partial charge in [0, 0.05) is 10.1 Å². The largest absolute Gasteiger partial charge is 0.506 e.